The topological polar surface area (TPSA) is 12.0 Å². The lowest BCUT2D eigenvalue weighted by molar-refractivity contribution is 0.300. The molecule has 0 radical (unpaired) electrons. The summed E-state index contributed by atoms with van der Waals surface area (Å²) in [6.45, 7) is 3.40. The predicted molar refractivity (Wildman–Crippen MR) is 78.8 cm³/mol. The van der Waals surface area contributed by atoms with Crippen molar-refractivity contribution in [3.63, 3.8) is 0 Å². The standard InChI is InChI=1S/C14H19BrClN/c1-10-2-4-11(5-3-10)9-17-14-8-12(15)6-7-13(14)16/h6-8,10-11,17H,2-5,9H2,1H3. The molecule has 0 unspecified atom stereocenters. The van der Waals surface area contributed by atoms with Crippen LogP contribution in [0.1, 0.15) is 32.6 Å². The highest BCUT2D eigenvalue weighted by molar-refractivity contribution is 9.10. The number of anilines is 1. The maximum Gasteiger partial charge on any atom is 0.0638 e. The van der Waals surface area contributed by atoms with Crippen molar-refractivity contribution >= 4 is 33.2 Å². The Morgan fingerprint density at radius 2 is 2.00 bits per heavy atom. The third-order valence-electron chi connectivity index (χ3n) is 3.65. The van der Waals surface area contributed by atoms with Gasteiger partial charge in [0.15, 0.2) is 0 Å². The van der Waals surface area contributed by atoms with E-state index in [2.05, 4.69) is 28.2 Å². The lowest BCUT2D eigenvalue weighted by Gasteiger charge is -2.26. The maximum absolute atomic E-state index is 6.15. The molecule has 0 saturated heterocycles. The normalized spacial score (nSPS) is 24.6. The van der Waals surface area contributed by atoms with E-state index in [4.69, 9.17) is 11.6 Å². The summed E-state index contributed by atoms with van der Waals surface area (Å²) in [6.07, 6.45) is 5.44. The van der Waals surface area contributed by atoms with Crippen molar-refractivity contribution in [3.05, 3.63) is 27.7 Å². The number of rotatable bonds is 3. The van der Waals surface area contributed by atoms with Crippen molar-refractivity contribution in [2.45, 2.75) is 32.6 Å². The Kier molecular flexibility index (Phi) is 4.75. The van der Waals surface area contributed by atoms with E-state index in [9.17, 15) is 0 Å². The predicted octanol–water partition coefficient (Wildman–Crippen LogP) is 5.34. The summed E-state index contributed by atoms with van der Waals surface area (Å²) in [5.74, 6) is 1.72. The van der Waals surface area contributed by atoms with Gasteiger partial charge in [-0.25, -0.2) is 0 Å². The van der Waals surface area contributed by atoms with Gasteiger partial charge in [-0.2, -0.15) is 0 Å². The fraction of sp³-hybridized carbons (Fsp3) is 0.571. The SMILES string of the molecule is CC1CCC(CNc2cc(Br)ccc2Cl)CC1. The quantitative estimate of drug-likeness (QED) is 0.793. The average molecular weight is 317 g/mol. The molecule has 0 aliphatic heterocycles. The average Bonchev–Trinajstić information content (AvgIpc) is 2.32. The zero-order valence-electron chi connectivity index (χ0n) is 10.2. The van der Waals surface area contributed by atoms with Gasteiger partial charge < -0.3 is 5.32 Å². The number of benzene rings is 1. The van der Waals surface area contributed by atoms with E-state index in [1.807, 2.05) is 18.2 Å². The first kappa shape index (κ1) is 13.2. The molecule has 1 aromatic carbocycles. The Balaban J connectivity index is 1.87. The van der Waals surface area contributed by atoms with Gasteiger partial charge >= 0.3 is 0 Å². The fourth-order valence-electron chi connectivity index (χ4n) is 2.42. The summed E-state index contributed by atoms with van der Waals surface area (Å²) in [5, 5.41) is 4.28. The van der Waals surface area contributed by atoms with Gasteiger partial charge in [0.1, 0.15) is 0 Å². The van der Waals surface area contributed by atoms with E-state index in [-0.39, 0.29) is 0 Å². The molecule has 1 saturated carbocycles. The zero-order valence-corrected chi connectivity index (χ0v) is 12.5. The summed E-state index contributed by atoms with van der Waals surface area (Å²) in [6, 6.07) is 5.94. The fourth-order valence-corrected chi connectivity index (χ4v) is 2.97. The Morgan fingerprint density at radius 3 is 2.71 bits per heavy atom. The highest BCUT2D eigenvalue weighted by Crippen LogP contribution is 2.30. The molecular weight excluding hydrogens is 298 g/mol. The molecule has 0 heterocycles. The maximum atomic E-state index is 6.15. The van der Waals surface area contributed by atoms with Crippen molar-refractivity contribution in [2.24, 2.45) is 11.8 Å². The first-order valence-corrected chi connectivity index (χ1v) is 7.51. The van der Waals surface area contributed by atoms with Crippen LogP contribution in [0, 0.1) is 11.8 Å². The van der Waals surface area contributed by atoms with E-state index >= 15 is 0 Å². The Bertz CT molecular complexity index is 372. The van der Waals surface area contributed by atoms with Crippen LogP contribution >= 0.6 is 27.5 Å². The Hall–Kier alpha value is -0.210. The van der Waals surface area contributed by atoms with Gasteiger partial charge in [-0.3, -0.25) is 0 Å². The lowest BCUT2D eigenvalue weighted by atomic mass is 9.83. The summed E-state index contributed by atoms with van der Waals surface area (Å²) in [5.41, 5.74) is 1.04. The van der Waals surface area contributed by atoms with Crippen LogP contribution in [0.4, 0.5) is 5.69 Å². The van der Waals surface area contributed by atoms with Crippen molar-refractivity contribution in [1.29, 1.82) is 0 Å². The molecule has 3 heteroatoms. The summed E-state index contributed by atoms with van der Waals surface area (Å²) in [7, 11) is 0. The van der Waals surface area contributed by atoms with Gasteiger partial charge in [-0.15, -0.1) is 0 Å². The van der Waals surface area contributed by atoms with Gasteiger partial charge in [-0.1, -0.05) is 47.3 Å². The molecule has 1 aliphatic carbocycles. The molecule has 1 aromatic rings. The van der Waals surface area contributed by atoms with Crippen molar-refractivity contribution < 1.29 is 0 Å². The molecule has 0 atom stereocenters. The van der Waals surface area contributed by atoms with E-state index < -0.39 is 0 Å². The van der Waals surface area contributed by atoms with Crippen LogP contribution in [0.5, 0.6) is 0 Å². The molecule has 0 bridgehead atoms. The van der Waals surface area contributed by atoms with E-state index in [0.717, 1.165) is 33.6 Å². The van der Waals surface area contributed by atoms with E-state index in [1.54, 1.807) is 0 Å². The van der Waals surface area contributed by atoms with Crippen LogP contribution in [0.25, 0.3) is 0 Å². The third kappa shape index (κ3) is 3.89. The molecule has 1 nitrogen and oxygen atoms in total. The Morgan fingerprint density at radius 1 is 1.29 bits per heavy atom. The van der Waals surface area contributed by atoms with Gasteiger partial charge in [0.05, 0.1) is 10.7 Å². The van der Waals surface area contributed by atoms with Gasteiger partial charge in [0, 0.05) is 11.0 Å². The summed E-state index contributed by atoms with van der Waals surface area (Å²) >= 11 is 9.63. The zero-order chi connectivity index (χ0) is 12.3. The van der Waals surface area contributed by atoms with Gasteiger partial charge in [0.2, 0.25) is 0 Å². The lowest BCUT2D eigenvalue weighted by Crippen LogP contribution is -2.20. The number of hydrogen-bond acceptors (Lipinski definition) is 1. The van der Waals surface area contributed by atoms with Crippen molar-refractivity contribution in [1.82, 2.24) is 0 Å². The highest BCUT2D eigenvalue weighted by Gasteiger charge is 2.18. The first-order chi connectivity index (χ1) is 8.15. The van der Waals surface area contributed by atoms with Crippen molar-refractivity contribution in [3.8, 4) is 0 Å². The number of hydrogen-bond donors (Lipinski definition) is 1. The van der Waals surface area contributed by atoms with Crippen molar-refractivity contribution in [2.75, 3.05) is 11.9 Å². The van der Waals surface area contributed by atoms with Crippen LogP contribution in [-0.4, -0.2) is 6.54 Å². The molecule has 0 amide bonds. The summed E-state index contributed by atoms with van der Waals surface area (Å²) in [4.78, 5) is 0. The minimum Gasteiger partial charge on any atom is -0.384 e. The smallest absolute Gasteiger partial charge is 0.0638 e. The minimum absolute atomic E-state index is 0.803. The van der Waals surface area contributed by atoms with E-state index in [1.165, 1.54) is 25.7 Å². The van der Waals surface area contributed by atoms with Gasteiger partial charge in [0.25, 0.3) is 0 Å². The number of nitrogens with one attached hydrogen (secondary N) is 1. The van der Waals surface area contributed by atoms with Crippen LogP contribution in [0.2, 0.25) is 5.02 Å². The van der Waals surface area contributed by atoms with Crippen LogP contribution in [-0.2, 0) is 0 Å². The second-order valence-electron chi connectivity index (χ2n) is 5.13. The second kappa shape index (κ2) is 6.10. The summed E-state index contributed by atoms with van der Waals surface area (Å²) < 4.78 is 1.07. The number of halogens is 2. The second-order valence-corrected chi connectivity index (χ2v) is 6.45. The highest BCUT2D eigenvalue weighted by atomic mass is 79.9. The molecule has 17 heavy (non-hydrogen) atoms. The van der Waals surface area contributed by atoms with E-state index in [0.29, 0.717) is 0 Å². The molecule has 0 spiro atoms. The largest absolute Gasteiger partial charge is 0.384 e. The monoisotopic (exact) mass is 315 g/mol. The molecule has 2 rings (SSSR count). The van der Waals surface area contributed by atoms with Crippen LogP contribution < -0.4 is 5.32 Å². The molecule has 1 fully saturated rings. The van der Waals surface area contributed by atoms with Gasteiger partial charge in [-0.05, 0) is 42.9 Å². The molecular formula is C14H19BrClN. The molecule has 1 aliphatic rings. The molecule has 0 aromatic heterocycles. The first-order valence-electron chi connectivity index (χ1n) is 6.34. The third-order valence-corrected chi connectivity index (χ3v) is 4.47. The molecule has 1 N–H and O–H groups in total. The van der Waals surface area contributed by atoms with Crippen LogP contribution in [0.15, 0.2) is 22.7 Å². The molecule has 94 valence electrons. The minimum atomic E-state index is 0.803. The Labute approximate surface area is 117 Å². The van der Waals surface area contributed by atoms with Crippen LogP contribution in [0.3, 0.4) is 0 Å².